The number of hydrogen-bond acceptors (Lipinski definition) is 3. The lowest BCUT2D eigenvalue weighted by atomic mass is 10.1. The van der Waals surface area contributed by atoms with Crippen molar-refractivity contribution in [3.63, 3.8) is 0 Å². The fourth-order valence-electron chi connectivity index (χ4n) is 0.753. The lowest BCUT2D eigenvalue weighted by molar-refractivity contribution is -0.138. The van der Waals surface area contributed by atoms with E-state index in [1.165, 1.54) is 6.92 Å². The predicted molar refractivity (Wildman–Crippen MR) is 51.6 cm³/mol. The first-order chi connectivity index (χ1) is 6.56. The Morgan fingerprint density at radius 2 is 2.14 bits per heavy atom. The van der Waals surface area contributed by atoms with Crippen LogP contribution in [0.15, 0.2) is 11.8 Å². The third-order valence-electron chi connectivity index (χ3n) is 1.50. The second-order valence-electron chi connectivity index (χ2n) is 2.95. The Balaban J connectivity index is 0.000000255. The molecule has 0 amide bonds. The van der Waals surface area contributed by atoms with Gasteiger partial charge in [-0.1, -0.05) is 6.92 Å². The van der Waals surface area contributed by atoms with Crippen molar-refractivity contribution in [3.8, 4) is 0 Å². The Bertz CT molecular complexity index is 230. The maximum atomic E-state index is 10.2. The van der Waals surface area contributed by atoms with Gasteiger partial charge in [-0.25, -0.2) is 0 Å². The summed E-state index contributed by atoms with van der Waals surface area (Å²) < 4.78 is 4.71. The number of aliphatic carboxylic acids is 1. The van der Waals surface area contributed by atoms with Crippen molar-refractivity contribution in [2.45, 2.75) is 39.5 Å². The molecule has 0 radical (unpaired) electrons. The maximum Gasteiger partial charge on any atom is 0.307 e. The van der Waals surface area contributed by atoms with Crippen molar-refractivity contribution >= 4 is 11.9 Å². The van der Waals surface area contributed by atoms with Gasteiger partial charge in [-0.15, -0.1) is 0 Å². The summed E-state index contributed by atoms with van der Waals surface area (Å²) in [7, 11) is 0. The van der Waals surface area contributed by atoms with E-state index in [4.69, 9.17) is 9.84 Å². The molecule has 0 aromatic heterocycles. The van der Waals surface area contributed by atoms with E-state index < -0.39 is 5.97 Å². The van der Waals surface area contributed by atoms with Crippen LogP contribution in [-0.4, -0.2) is 17.0 Å². The lowest BCUT2D eigenvalue weighted by Crippen LogP contribution is -2.03. The van der Waals surface area contributed by atoms with Crippen LogP contribution in [0.4, 0.5) is 0 Å². The summed E-state index contributed by atoms with van der Waals surface area (Å²) in [6, 6.07) is 0. The number of allylic oxidation sites excluding steroid dienone is 2. The van der Waals surface area contributed by atoms with Crippen LogP contribution in [0.3, 0.4) is 0 Å². The molecule has 0 fully saturated rings. The molecule has 0 aromatic rings. The summed E-state index contributed by atoms with van der Waals surface area (Å²) in [5, 5.41) is 7.91. The molecule has 0 unspecified atom stereocenters. The molecule has 0 atom stereocenters. The zero-order valence-corrected chi connectivity index (χ0v) is 8.58. The van der Waals surface area contributed by atoms with Gasteiger partial charge in [-0.05, 0) is 18.9 Å². The van der Waals surface area contributed by atoms with E-state index in [-0.39, 0.29) is 5.97 Å². The topological polar surface area (TPSA) is 63.6 Å². The highest BCUT2D eigenvalue weighted by molar-refractivity contribution is 5.67. The Morgan fingerprint density at radius 1 is 1.57 bits per heavy atom. The molecular formula is C10H16O4. The SMILES string of the molecule is CC(=O)OC1=CCC1.CCCC(=O)O. The van der Waals surface area contributed by atoms with Gasteiger partial charge < -0.3 is 9.84 Å². The van der Waals surface area contributed by atoms with Crippen LogP contribution in [-0.2, 0) is 14.3 Å². The molecule has 0 heterocycles. The van der Waals surface area contributed by atoms with Crippen LogP contribution in [0.2, 0.25) is 0 Å². The first-order valence-electron chi connectivity index (χ1n) is 4.65. The van der Waals surface area contributed by atoms with Gasteiger partial charge in [0.15, 0.2) is 0 Å². The summed E-state index contributed by atoms with van der Waals surface area (Å²) in [6.07, 6.45) is 4.93. The molecular weight excluding hydrogens is 184 g/mol. The number of carbonyl (C=O) groups excluding carboxylic acids is 1. The van der Waals surface area contributed by atoms with Crippen LogP contribution in [0.5, 0.6) is 0 Å². The van der Waals surface area contributed by atoms with E-state index >= 15 is 0 Å². The molecule has 0 spiro atoms. The van der Waals surface area contributed by atoms with E-state index in [1.54, 1.807) is 0 Å². The average Bonchev–Trinajstić information content (AvgIpc) is 1.98. The van der Waals surface area contributed by atoms with Crippen molar-refractivity contribution in [2.24, 2.45) is 0 Å². The standard InChI is InChI=1S/C6H8O2.C4H8O2/c1-5(7)8-6-3-2-4-6;1-2-3-4(5)6/h3H,2,4H2,1H3;2-3H2,1H3,(H,5,6). The van der Waals surface area contributed by atoms with Gasteiger partial charge in [0.05, 0.1) is 0 Å². The molecule has 1 rings (SSSR count). The van der Waals surface area contributed by atoms with Crippen molar-refractivity contribution in [3.05, 3.63) is 11.8 Å². The van der Waals surface area contributed by atoms with E-state index in [1.807, 2.05) is 13.0 Å². The smallest absolute Gasteiger partial charge is 0.307 e. The van der Waals surface area contributed by atoms with E-state index in [0.717, 1.165) is 25.0 Å². The first kappa shape index (κ1) is 12.7. The highest BCUT2D eigenvalue weighted by Crippen LogP contribution is 2.18. The van der Waals surface area contributed by atoms with Gasteiger partial charge in [0, 0.05) is 19.8 Å². The second kappa shape index (κ2) is 7.12. The number of carbonyl (C=O) groups is 2. The number of carboxylic acid groups (broad SMARTS) is 1. The molecule has 0 aliphatic heterocycles. The summed E-state index contributed by atoms with van der Waals surface area (Å²) in [6.45, 7) is 3.26. The van der Waals surface area contributed by atoms with Gasteiger partial charge in [0.1, 0.15) is 5.76 Å². The molecule has 80 valence electrons. The number of ether oxygens (including phenoxy) is 1. The first-order valence-corrected chi connectivity index (χ1v) is 4.65. The fraction of sp³-hybridized carbons (Fsp3) is 0.600. The third-order valence-corrected chi connectivity index (χ3v) is 1.50. The van der Waals surface area contributed by atoms with Gasteiger partial charge in [0.2, 0.25) is 0 Å². The molecule has 1 N–H and O–H groups in total. The highest BCUT2D eigenvalue weighted by Gasteiger charge is 2.07. The average molecular weight is 200 g/mol. The maximum absolute atomic E-state index is 10.2. The molecule has 14 heavy (non-hydrogen) atoms. The lowest BCUT2D eigenvalue weighted by Gasteiger charge is -2.11. The molecule has 4 heteroatoms. The Morgan fingerprint density at radius 3 is 2.21 bits per heavy atom. The molecule has 1 aliphatic rings. The minimum Gasteiger partial charge on any atom is -0.481 e. The van der Waals surface area contributed by atoms with Crippen LogP contribution in [0.1, 0.15) is 39.5 Å². The zero-order valence-electron chi connectivity index (χ0n) is 8.58. The Labute approximate surface area is 83.6 Å². The number of carboxylic acids is 1. The molecule has 4 nitrogen and oxygen atoms in total. The molecule has 0 aromatic carbocycles. The van der Waals surface area contributed by atoms with Crippen molar-refractivity contribution in [1.82, 2.24) is 0 Å². The fourth-order valence-corrected chi connectivity index (χ4v) is 0.753. The van der Waals surface area contributed by atoms with Gasteiger partial charge in [-0.3, -0.25) is 9.59 Å². The van der Waals surface area contributed by atoms with E-state index in [0.29, 0.717) is 6.42 Å². The van der Waals surface area contributed by atoms with Crippen molar-refractivity contribution < 1.29 is 19.4 Å². The van der Waals surface area contributed by atoms with E-state index in [9.17, 15) is 9.59 Å². The second-order valence-corrected chi connectivity index (χ2v) is 2.95. The summed E-state index contributed by atoms with van der Waals surface area (Å²) in [5.74, 6) is -0.0917. The van der Waals surface area contributed by atoms with Crippen molar-refractivity contribution in [2.75, 3.05) is 0 Å². The molecule has 0 saturated carbocycles. The minimum atomic E-state index is -0.711. The molecule has 0 bridgehead atoms. The number of hydrogen-bond donors (Lipinski definition) is 1. The zero-order chi connectivity index (χ0) is 11.0. The number of rotatable bonds is 3. The molecule has 1 aliphatic carbocycles. The summed E-state index contributed by atoms with van der Waals surface area (Å²) >= 11 is 0. The third kappa shape index (κ3) is 7.34. The Kier molecular flexibility index (Phi) is 6.45. The predicted octanol–water partition coefficient (Wildman–Crippen LogP) is 2.10. The van der Waals surface area contributed by atoms with E-state index in [2.05, 4.69) is 0 Å². The summed E-state index contributed by atoms with van der Waals surface area (Å²) in [5.41, 5.74) is 0. The van der Waals surface area contributed by atoms with Gasteiger partial charge in [-0.2, -0.15) is 0 Å². The van der Waals surface area contributed by atoms with Crippen LogP contribution >= 0.6 is 0 Å². The number of esters is 1. The van der Waals surface area contributed by atoms with Crippen LogP contribution in [0, 0.1) is 0 Å². The quantitative estimate of drug-likeness (QED) is 0.708. The largest absolute Gasteiger partial charge is 0.481 e. The van der Waals surface area contributed by atoms with Crippen LogP contribution < -0.4 is 0 Å². The monoisotopic (exact) mass is 200 g/mol. The Hall–Kier alpha value is -1.32. The normalized spacial score (nSPS) is 12.9. The van der Waals surface area contributed by atoms with Gasteiger partial charge in [0.25, 0.3) is 0 Å². The minimum absolute atomic E-state index is 0.212. The molecule has 0 saturated heterocycles. The van der Waals surface area contributed by atoms with Crippen molar-refractivity contribution in [1.29, 1.82) is 0 Å². The summed E-state index contributed by atoms with van der Waals surface area (Å²) in [4.78, 5) is 19.8. The highest BCUT2D eigenvalue weighted by atomic mass is 16.5. The van der Waals surface area contributed by atoms with Crippen LogP contribution in [0.25, 0.3) is 0 Å². The van der Waals surface area contributed by atoms with Gasteiger partial charge >= 0.3 is 11.9 Å².